The molecule has 0 atom stereocenters. The van der Waals surface area contributed by atoms with E-state index in [1.807, 2.05) is 29.0 Å². The van der Waals surface area contributed by atoms with Crippen LogP contribution in [0, 0.1) is 0 Å². The van der Waals surface area contributed by atoms with Crippen molar-refractivity contribution in [2.45, 2.75) is 20.1 Å². The number of aryl methyl sites for hydroxylation is 1. The summed E-state index contributed by atoms with van der Waals surface area (Å²) in [5.74, 6) is 0.750. The Morgan fingerprint density at radius 3 is 2.94 bits per heavy atom. The molecule has 0 aliphatic heterocycles. The largest absolute Gasteiger partial charge is 0.487 e. The summed E-state index contributed by atoms with van der Waals surface area (Å²) in [4.78, 5) is 4.34. The van der Waals surface area contributed by atoms with Crippen LogP contribution in [0.4, 0.5) is 0 Å². The van der Waals surface area contributed by atoms with Gasteiger partial charge in [0.05, 0.1) is 5.69 Å². The number of nitrogens with zero attached hydrogens (tertiary/aromatic N) is 2. The molecule has 0 N–H and O–H groups in total. The average molecular weight is 316 g/mol. The standard InChI is InChI=1S/C12H12BrClN2O/c1-2-16-7-10(15-12(16)13)8-17-11-5-3-4-9(14)6-11/h3-7H,2,8H2,1H3. The number of rotatable bonds is 4. The van der Waals surface area contributed by atoms with Crippen LogP contribution >= 0.6 is 27.5 Å². The second-order valence-corrected chi connectivity index (χ2v) is 4.68. The third kappa shape index (κ3) is 3.23. The number of hydrogen-bond acceptors (Lipinski definition) is 2. The van der Waals surface area contributed by atoms with Gasteiger partial charge in [-0.05, 0) is 41.1 Å². The Morgan fingerprint density at radius 2 is 2.29 bits per heavy atom. The van der Waals surface area contributed by atoms with Crippen molar-refractivity contribution in [1.82, 2.24) is 9.55 Å². The van der Waals surface area contributed by atoms with Crippen molar-refractivity contribution in [1.29, 1.82) is 0 Å². The Morgan fingerprint density at radius 1 is 1.47 bits per heavy atom. The zero-order valence-corrected chi connectivity index (χ0v) is 11.7. The van der Waals surface area contributed by atoms with Gasteiger partial charge in [0.1, 0.15) is 12.4 Å². The zero-order valence-electron chi connectivity index (χ0n) is 9.36. The van der Waals surface area contributed by atoms with E-state index in [-0.39, 0.29) is 0 Å². The van der Waals surface area contributed by atoms with Crippen LogP contribution in [0.1, 0.15) is 12.6 Å². The number of imidazole rings is 1. The molecule has 1 aromatic carbocycles. The van der Waals surface area contributed by atoms with Gasteiger partial charge in [-0.2, -0.15) is 0 Å². The number of benzene rings is 1. The Labute approximate surface area is 114 Å². The topological polar surface area (TPSA) is 27.1 Å². The van der Waals surface area contributed by atoms with Crippen molar-refractivity contribution < 1.29 is 4.74 Å². The maximum absolute atomic E-state index is 5.87. The molecule has 5 heteroatoms. The fourth-order valence-corrected chi connectivity index (χ4v) is 2.21. The van der Waals surface area contributed by atoms with Gasteiger partial charge in [0.25, 0.3) is 0 Å². The highest BCUT2D eigenvalue weighted by Crippen LogP contribution is 2.18. The number of halogens is 2. The molecule has 0 spiro atoms. The Bertz CT molecular complexity index is 513. The summed E-state index contributed by atoms with van der Waals surface area (Å²) in [5, 5.41) is 0.669. The van der Waals surface area contributed by atoms with E-state index < -0.39 is 0 Å². The first kappa shape index (κ1) is 12.5. The molecule has 17 heavy (non-hydrogen) atoms. The van der Waals surface area contributed by atoms with Gasteiger partial charge in [0.2, 0.25) is 0 Å². The minimum atomic E-state index is 0.436. The molecule has 2 rings (SSSR count). The average Bonchev–Trinajstić information content (AvgIpc) is 2.67. The van der Waals surface area contributed by atoms with Gasteiger partial charge in [0.15, 0.2) is 4.73 Å². The van der Waals surface area contributed by atoms with Gasteiger partial charge in [-0.1, -0.05) is 17.7 Å². The van der Waals surface area contributed by atoms with Crippen LogP contribution in [0.25, 0.3) is 0 Å². The third-order valence-corrected chi connectivity index (χ3v) is 3.17. The number of hydrogen-bond donors (Lipinski definition) is 0. The summed E-state index contributed by atoms with van der Waals surface area (Å²) >= 11 is 9.26. The van der Waals surface area contributed by atoms with E-state index in [1.54, 1.807) is 6.07 Å². The second-order valence-electron chi connectivity index (χ2n) is 3.53. The van der Waals surface area contributed by atoms with Crippen LogP contribution < -0.4 is 4.74 Å². The molecule has 0 radical (unpaired) electrons. The molecule has 0 saturated carbocycles. The monoisotopic (exact) mass is 314 g/mol. The first-order valence-corrected chi connectivity index (χ1v) is 6.46. The van der Waals surface area contributed by atoms with Gasteiger partial charge >= 0.3 is 0 Å². The molecule has 0 bridgehead atoms. The van der Waals surface area contributed by atoms with Gasteiger partial charge in [-0.15, -0.1) is 0 Å². The van der Waals surface area contributed by atoms with Gasteiger partial charge in [0, 0.05) is 17.8 Å². The van der Waals surface area contributed by atoms with Crippen LogP contribution in [-0.4, -0.2) is 9.55 Å². The molecule has 0 amide bonds. The van der Waals surface area contributed by atoms with E-state index in [9.17, 15) is 0 Å². The lowest BCUT2D eigenvalue weighted by molar-refractivity contribution is 0.301. The smallest absolute Gasteiger partial charge is 0.177 e. The summed E-state index contributed by atoms with van der Waals surface area (Å²) in [6.45, 7) is 3.38. The highest BCUT2D eigenvalue weighted by atomic mass is 79.9. The molecule has 0 aliphatic rings. The van der Waals surface area contributed by atoms with Gasteiger partial charge in [-0.25, -0.2) is 4.98 Å². The lowest BCUT2D eigenvalue weighted by Gasteiger charge is -2.03. The normalized spacial score (nSPS) is 10.5. The summed E-state index contributed by atoms with van der Waals surface area (Å²) in [7, 11) is 0. The summed E-state index contributed by atoms with van der Waals surface area (Å²) in [6, 6.07) is 7.33. The predicted octanol–water partition coefficient (Wildman–Crippen LogP) is 3.90. The molecular formula is C12H12BrClN2O. The second kappa shape index (κ2) is 5.56. The van der Waals surface area contributed by atoms with E-state index in [1.165, 1.54) is 0 Å². The van der Waals surface area contributed by atoms with Crippen molar-refractivity contribution in [2.75, 3.05) is 0 Å². The Kier molecular flexibility index (Phi) is 4.07. The molecule has 3 nitrogen and oxygen atoms in total. The van der Waals surface area contributed by atoms with Crippen LogP contribution in [0.3, 0.4) is 0 Å². The highest BCUT2D eigenvalue weighted by molar-refractivity contribution is 9.10. The van der Waals surface area contributed by atoms with Crippen molar-refractivity contribution in [2.24, 2.45) is 0 Å². The van der Waals surface area contributed by atoms with Crippen molar-refractivity contribution in [3.63, 3.8) is 0 Å². The molecule has 2 aromatic rings. The highest BCUT2D eigenvalue weighted by Gasteiger charge is 2.04. The first-order chi connectivity index (χ1) is 8.19. The number of aromatic nitrogens is 2. The SMILES string of the molecule is CCn1cc(COc2cccc(Cl)c2)nc1Br. The molecule has 1 aromatic heterocycles. The fraction of sp³-hybridized carbons (Fsp3) is 0.250. The minimum absolute atomic E-state index is 0.436. The van der Waals surface area contributed by atoms with Crippen molar-refractivity contribution in [3.05, 3.63) is 45.9 Å². The van der Waals surface area contributed by atoms with Gasteiger partial charge < -0.3 is 9.30 Å². The Balaban J connectivity index is 2.02. The van der Waals surface area contributed by atoms with E-state index in [0.29, 0.717) is 11.6 Å². The summed E-state index contributed by atoms with van der Waals surface area (Å²) in [5.41, 5.74) is 0.888. The van der Waals surface area contributed by atoms with Crippen molar-refractivity contribution in [3.8, 4) is 5.75 Å². The maximum atomic E-state index is 5.87. The minimum Gasteiger partial charge on any atom is -0.487 e. The van der Waals surface area contributed by atoms with Crippen LogP contribution in [0.2, 0.25) is 5.02 Å². The molecule has 0 fully saturated rings. The van der Waals surface area contributed by atoms with E-state index in [2.05, 4.69) is 27.8 Å². The van der Waals surface area contributed by atoms with Gasteiger partial charge in [-0.3, -0.25) is 0 Å². The molecule has 0 aliphatic carbocycles. The van der Waals surface area contributed by atoms with Crippen molar-refractivity contribution >= 4 is 27.5 Å². The zero-order chi connectivity index (χ0) is 12.3. The lowest BCUT2D eigenvalue weighted by Crippen LogP contribution is -1.95. The van der Waals surface area contributed by atoms with E-state index in [4.69, 9.17) is 16.3 Å². The maximum Gasteiger partial charge on any atom is 0.177 e. The number of ether oxygens (including phenoxy) is 1. The predicted molar refractivity (Wildman–Crippen MR) is 71.4 cm³/mol. The molecule has 90 valence electrons. The third-order valence-electron chi connectivity index (χ3n) is 2.30. The van der Waals surface area contributed by atoms with E-state index >= 15 is 0 Å². The molecule has 1 heterocycles. The van der Waals surface area contributed by atoms with Crippen LogP contribution in [0.5, 0.6) is 5.75 Å². The molecular weight excluding hydrogens is 304 g/mol. The quantitative estimate of drug-likeness (QED) is 0.855. The summed E-state index contributed by atoms with van der Waals surface area (Å²) in [6.07, 6.45) is 1.97. The first-order valence-electron chi connectivity index (χ1n) is 5.29. The molecule has 0 saturated heterocycles. The lowest BCUT2D eigenvalue weighted by atomic mass is 10.3. The molecule has 0 unspecified atom stereocenters. The Hall–Kier alpha value is -1.00. The summed E-state index contributed by atoms with van der Waals surface area (Å²) < 4.78 is 8.44. The van der Waals surface area contributed by atoms with E-state index in [0.717, 1.165) is 22.7 Å². The van der Waals surface area contributed by atoms with Crippen LogP contribution in [0.15, 0.2) is 35.2 Å². The van der Waals surface area contributed by atoms with Crippen LogP contribution in [-0.2, 0) is 13.2 Å². The fourth-order valence-electron chi connectivity index (χ4n) is 1.45.